The average molecular weight is 663 g/mol. The van der Waals surface area contributed by atoms with E-state index in [1.165, 1.54) is 26.9 Å². The average Bonchev–Trinajstić information content (AvgIpc) is 3.23. The predicted molar refractivity (Wildman–Crippen MR) is 215 cm³/mol. The van der Waals surface area contributed by atoms with Crippen LogP contribution in [0.2, 0.25) is 0 Å². The molecule has 0 amide bonds. The van der Waals surface area contributed by atoms with Gasteiger partial charge in [-0.15, -0.1) is 0 Å². The molecule has 4 aromatic heterocycles. The van der Waals surface area contributed by atoms with Gasteiger partial charge in [0.2, 0.25) is 0 Å². The Morgan fingerprint density at radius 3 is 1.75 bits per heavy atom. The maximum absolute atomic E-state index is 5.35. The number of benzene rings is 6. The monoisotopic (exact) mass is 662 g/mol. The normalized spacial score (nSPS) is 11.5. The third-order valence-electron chi connectivity index (χ3n) is 9.98. The van der Waals surface area contributed by atoms with Gasteiger partial charge in [-0.05, 0) is 104 Å². The van der Waals surface area contributed by atoms with E-state index in [2.05, 4.69) is 156 Å². The van der Waals surface area contributed by atoms with E-state index in [4.69, 9.17) is 9.97 Å². The summed E-state index contributed by atoms with van der Waals surface area (Å²) in [6.45, 7) is 0. The molecule has 0 unspecified atom stereocenters. The van der Waals surface area contributed by atoms with Gasteiger partial charge >= 0.3 is 0 Å². The van der Waals surface area contributed by atoms with Crippen molar-refractivity contribution in [2.75, 3.05) is 0 Å². The zero-order valence-electron chi connectivity index (χ0n) is 28.1. The third-order valence-corrected chi connectivity index (χ3v) is 9.98. The largest absolute Gasteiger partial charge is 0.264 e. The summed E-state index contributed by atoms with van der Waals surface area (Å²) in [5.41, 5.74) is 11.2. The Hall–Kier alpha value is -7.04. The van der Waals surface area contributed by atoms with Gasteiger partial charge < -0.3 is 0 Å². The Bertz CT molecular complexity index is 2900. The van der Waals surface area contributed by atoms with Crippen molar-refractivity contribution >= 4 is 43.2 Å². The number of aromatic nitrogens is 4. The van der Waals surface area contributed by atoms with E-state index in [1.54, 1.807) is 12.4 Å². The van der Waals surface area contributed by atoms with Crippen molar-refractivity contribution in [2.24, 2.45) is 0 Å². The van der Waals surface area contributed by atoms with E-state index in [0.29, 0.717) is 0 Å². The molecule has 0 spiro atoms. The summed E-state index contributed by atoms with van der Waals surface area (Å²) in [6, 6.07) is 56.0. The Morgan fingerprint density at radius 1 is 0.346 bits per heavy atom. The van der Waals surface area contributed by atoms with Gasteiger partial charge in [-0.25, -0.2) is 9.97 Å². The molecule has 10 rings (SSSR count). The molecule has 52 heavy (non-hydrogen) atoms. The number of pyridine rings is 4. The number of hydrogen-bond donors (Lipinski definition) is 0. The lowest BCUT2D eigenvalue weighted by molar-refractivity contribution is 1.26. The second-order valence-corrected chi connectivity index (χ2v) is 13.1. The predicted octanol–water partition coefficient (Wildman–Crippen LogP) is 12.2. The molecule has 0 saturated carbocycles. The minimum absolute atomic E-state index is 0.865. The lowest BCUT2D eigenvalue weighted by Gasteiger charge is -2.17. The Morgan fingerprint density at radius 2 is 1.00 bits per heavy atom. The summed E-state index contributed by atoms with van der Waals surface area (Å²) in [5, 5.41) is 8.34. The van der Waals surface area contributed by atoms with Crippen molar-refractivity contribution in [1.29, 1.82) is 0 Å². The highest BCUT2D eigenvalue weighted by atomic mass is 14.7. The van der Waals surface area contributed by atoms with Crippen LogP contribution in [0, 0.1) is 0 Å². The molecule has 0 atom stereocenters. The van der Waals surface area contributed by atoms with E-state index >= 15 is 0 Å². The number of hydrogen-bond acceptors (Lipinski definition) is 4. The first kappa shape index (κ1) is 29.8. The molecular weight excluding hydrogens is 633 g/mol. The SMILES string of the molecule is c1cncc(-c2cc(-c3cccc(-c4cc5c(-c6ccc7ccccc7c6)nc6ccccc6c5c5ccccc45)c3)cc(-c3cccnc3)n2)c1. The standard InChI is InChI=1S/C48H30N4/c1-2-11-32-25-35(21-20-31(32)10-1)48-43-28-42(39-16-3-4-17-40(39)47(43)41-18-5-6-19-44(41)52-48)34-13-7-12-33(24-34)38-26-45(36-14-8-22-49-29-36)51-46(27-38)37-15-9-23-50-30-37/h1-30H. The lowest BCUT2D eigenvalue weighted by Crippen LogP contribution is -1.94. The topological polar surface area (TPSA) is 51.6 Å². The van der Waals surface area contributed by atoms with Crippen LogP contribution < -0.4 is 0 Å². The van der Waals surface area contributed by atoms with E-state index in [-0.39, 0.29) is 0 Å². The maximum Gasteiger partial charge on any atom is 0.0788 e. The fraction of sp³-hybridized carbons (Fsp3) is 0. The fourth-order valence-electron chi connectivity index (χ4n) is 7.50. The van der Waals surface area contributed by atoms with Crippen LogP contribution in [0.25, 0.3) is 99.2 Å². The maximum atomic E-state index is 5.35. The Labute approximate surface area is 300 Å². The van der Waals surface area contributed by atoms with E-state index in [1.807, 2.05) is 24.5 Å². The summed E-state index contributed by atoms with van der Waals surface area (Å²) < 4.78 is 0. The molecule has 4 heterocycles. The molecule has 242 valence electrons. The molecule has 0 bridgehead atoms. The summed E-state index contributed by atoms with van der Waals surface area (Å²) in [5.74, 6) is 0. The Balaban J connectivity index is 1.21. The van der Waals surface area contributed by atoms with Crippen molar-refractivity contribution < 1.29 is 0 Å². The second-order valence-electron chi connectivity index (χ2n) is 13.1. The molecule has 0 saturated heterocycles. The Kier molecular flexibility index (Phi) is 7.10. The summed E-state index contributed by atoms with van der Waals surface area (Å²) in [7, 11) is 0. The van der Waals surface area contributed by atoms with Gasteiger partial charge in [0.25, 0.3) is 0 Å². The van der Waals surface area contributed by atoms with E-state index in [0.717, 1.165) is 72.3 Å². The van der Waals surface area contributed by atoms with Crippen LogP contribution in [0.15, 0.2) is 183 Å². The van der Waals surface area contributed by atoms with Gasteiger partial charge in [0.15, 0.2) is 0 Å². The van der Waals surface area contributed by atoms with E-state index in [9.17, 15) is 0 Å². The summed E-state index contributed by atoms with van der Waals surface area (Å²) in [6.07, 6.45) is 7.30. The number of para-hydroxylation sites is 1. The summed E-state index contributed by atoms with van der Waals surface area (Å²) in [4.78, 5) is 19.2. The smallest absolute Gasteiger partial charge is 0.0788 e. The first-order chi connectivity index (χ1) is 25.8. The zero-order chi connectivity index (χ0) is 34.4. The summed E-state index contributed by atoms with van der Waals surface area (Å²) >= 11 is 0. The highest BCUT2D eigenvalue weighted by molar-refractivity contribution is 6.25. The van der Waals surface area contributed by atoms with Gasteiger partial charge in [-0.1, -0.05) is 97.1 Å². The molecule has 4 nitrogen and oxygen atoms in total. The lowest BCUT2D eigenvalue weighted by atomic mass is 9.89. The first-order valence-corrected chi connectivity index (χ1v) is 17.4. The minimum Gasteiger partial charge on any atom is -0.264 e. The van der Waals surface area contributed by atoms with Crippen LogP contribution in [0.1, 0.15) is 0 Å². The van der Waals surface area contributed by atoms with Crippen LogP contribution in [0.3, 0.4) is 0 Å². The molecule has 4 heteroatoms. The fourth-order valence-corrected chi connectivity index (χ4v) is 7.50. The molecule has 0 N–H and O–H groups in total. The highest BCUT2D eigenvalue weighted by Crippen LogP contribution is 2.43. The van der Waals surface area contributed by atoms with Crippen molar-refractivity contribution in [3.63, 3.8) is 0 Å². The molecule has 0 fully saturated rings. The number of nitrogens with zero attached hydrogens (tertiary/aromatic N) is 4. The second kappa shape index (κ2) is 12.4. The van der Waals surface area contributed by atoms with Gasteiger partial charge in [-0.2, -0.15) is 0 Å². The first-order valence-electron chi connectivity index (χ1n) is 17.4. The van der Waals surface area contributed by atoms with Crippen molar-refractivity contribution in [1.82, 2.24) is 19.9 Å². The minimum atomic E-state index is 0.865. The van der Waals surface area contributed by atoms with Gasteiger partial charge in [0, 0.05) is 57.6 Å². The third kappa shape index (κ3) is 5.17. The molecular formula is C48H30N4. The van der Waals surface area contributed by atoms with Crippen LogP contribution in [-0.2, 0) is 0 Å². The highest BCUT2D eigenvalue weighted by Gasteiger charge is 2.18. The molecule has 0 aliphatic rings. The van der Waals surface area contributed by atoms with E-state index < -0.39 is 0 Å². The van der Waals surface area contributed by atoms with Crippen LogP contribution >= 0.6 is 0 Å². The van der Waals surface area contributed by atoms with Crippen LogP contribution in [0.5, 0.6) is 0 Å². The van der Waals surface area contributed by atoms with Crippen molar-refractivity contribution in [2.45, 2.75) is 0 Å². The molecule has 10 aromatic rings. The molecule has 0 aliphatic carbocycles. The van der Waals surface area contributed by atoms with Crippen molar-refractivity contribution in [3.8, 4) is 56.0 Å². The number of rotatable bonds is 5. The zero-order valence-corrected chi connectivity index (χ0v) is 28.1. The van der Waals surface area contributed by atoms with Crippen LogP contribution in [-0.4, -0.2) is 19.9 Å². The van der Waals surface area contributed by atoms with Crippen LogP contribution in [0.4, 0.5) is 0 Å². The molecule has 0 radical (unpaired) electrons. The molecule has 6 aromatic carbocycles. The molecule has 0 aliphatic heterocycles. The number of fused-ring (bicyclic) bond motifs is 6. The van der Waals surface area contributed by atoms with Gasteiger partial charge in [-0.3, -0.25) is 9.97 Å². The van der Waals surface area contributed by atoms with Gasteiger partial charge in [0.1, 0.15) is 0 Å². The van der Waals surface area contributed by atoms with Crippen molar-refractivity contribution in [3.05, 3.63) is 183 Å². The van der Waals surface area contributed by atoms with Gasteiger partial charge in [0.05, 0.1) is 22.6 Å². The quantitative estimate of drug-likeness (QED) is 0.172.